The van der Waals surface area contributed by atoms with E-state index in [1.54, 1.807) is 13.0 Å². The maximum Gasteiger partial charge on any atom is 0.249 e. The molecule has 1 unspecified atom stereocenters. The molecular weight excluding hydrogens is 256 g/mol. The van der Waals surface area contributed by atoms with E-state index in [-0.39, 0.29) is 5.02 Å². The lowest BCUT2D eigenvalue weighted by atomic mass is 10.1. The minimum absolute atomic E-state index is 0.0497. The highest BCUT2D eigenvalue weighted by molar-refractivity contribution is 9.10. The Labute approximate surface area is 89.5 Å². The van der Waals surface area contributed by atoms with Crippen LogP contribution in [0.3, 0.4) is 0 Å². The molecule has 1 atom stereocenters. The van der Waals surface area contributed by atoms with Crippen molar-refractivity contribution in [3.05, 3.63) is 44.4 Å². The molecule has 1 aromatic rings. The molecule has 68 valence electrons. The molecule has 0 radical (unpaired) electrons. The van der Waals surface area contributed by atoms with Crippen molar-refractivity contribution in [2.75, 3.05) is 0 Å². The van der Waals surface area contributed by atoms with Crippen molar-refractivity contribution < 1.29 is 4.39 Å². The molecule has 0 aliphatic carbocycles. The Bertz CT molecular complexity index is 373. The highest BCUT2D eigenvalue weighted by Gasteiger charge is 2.20. The first-order valence-electron chi connectivity index (χ1n) is 3.58. The van der Waals surface area contributed by atoms with Crippen LogP contribution in [0, 0.1) is 12.4 Å². The van der Waals surface area contributed by atoms with E-state index >= 15 is 0 Å². The van der Waals surface area contributed by atoms with Gasteiger partial charge in [-0.2, -0.15) is 0 Å². The van der Waals surface area contributed by atoms with Crippen LogP contribution in [0.15, 0.2) is 16.6 Å². The number of nitrogens with zero attached hydrogens (tertiary/aromatic N) is 1. The van der Waals surface area contributed by atoms with Gasteiger partial charge in [-0.3, -0.25) is 0 Å². The number of hydrogen-bond acceptors (Lipinski definition) is 0. The van der Waals surface area contributed by atoms with E-state index in [0.717, 1.165) is 0 Å². The second kappa shape index (κ2) is 4.08. The highest BCUT2D eigenvalue weighted by atomic mass is 79.9. The molecule has 0 aliphatic heterocycles. The Hall–Kier alpha value is -0.590. The Kier molecular flexibility index (Phi) is 3.29. The predicted molar refractivity (Wildman–Crippen MR) is 54.1 cm³/mol. The van der Waals surface area contributed by atoms with E-state index in [1.807, 2.05) is 0 Å². The van der Waals surface area contributed by atoms with E-state index in [4.69, 9.17) is 18.2 Å². The van der Waals surface area contributed by atoms with Gasteiger partial charge >= 0.3 is 0 Å². The van der Waals surface area contributed by atoms with Crippen LogP contribution >= 0.6 is 27.5 Å². The summed E-state index contributed by atoms with van der Waals surface area (Å²) in [4.78, 5) is 3.24. The van der Waals surface area contributed by atoms with Gasteiger partial charge in [0.1, 0.15) is 0 Å². The molecule has 0 heterocycles. The van der Waals surface area contributed by atoms with Crippen molar-refractivity contribution in [1.82, 2.24) is 0 Å². The van der Waals surface area contributed by atoms with Crippen molar-refractivity contribution in [2.45, 2.75) is 13.0 Å². The second-order valence-electron chi connectivity index (χ2n) is 2.56. The van der Waals surface area contributed by atoms with Gasteiger partial charge in [0, 0.05) is 11.4 Å². The van der Waals surface area contributed by atoms with Crippen LogP contribution in [0.2, 0.25) is 5.02 Å². The van der Waals surface area contributed by atoms with E-state index in [0.29, 0.717) is 10.0 Å². The maximum absolute atomic E-state index is 13.4. The fourth-order valence-corrected chi connectivity index (χ4v) is 1.79. The minimum atomic E-state index is -0.520. The fraction of sp³-hybridized carbons (Fsp3) is 0.222. The lowest BCUT2D eigenvalue weighted by Gasteiger charge is -2.05. The van der Waals surface area contributed by atoms with Crippen LogP contribution in [-0.4, -0.2) is 0 Å². The molecule has 4 heteroatoms. The van der Waals surface area contributed by atoms with E-state index in [2.05, 4.69) is 20.8 Å². The van der Waals surface area contributed by atoms with Gasteiger partial charge in [-0.05, 0) is 12.1 Å². The smallest absolute Gasteiger partial charge is 0.249 e. The first-order chi connectivity index (χ1) is 6.07. The summed E-state index contributed by atoms with van der Waals surface area (Å²) < 4.78 is 14.0. The normalized spacial score (nSPS) is 12.2. The Morgan fingerprint density at radius 2 is 2.23 bits per heavy atom. The van der Waals surface area contributed by atoms with Crippen molar-refractivity contribution in [3.8, 4) is 0 Å². The maximum atomic E-state index is 13.4. The third-order valence-corrected chi connectivity index (χ3v) is 2.67. The average Bonchev–Trinajstić information content (AvgIpc) is 2.12. The van der Waals surface area contributed by atoms with Crippen LogP contribution in [0.5, 0.6) is 0 Å². The molecule has 0 saturated heterocycles. The zero-order chi connectivity index (χ0) is 10.0. The number of hydrogen-bond donors (Lipinski definition) is 0. The summed E-state index contributed by atoms with van der Waals surface area (Å²) in [5.41, 5.74) is 0.322. The average molecular weight is 263 g/mol. The molecule has 0 aromatic heterocycles. The van der Waals surface area contributed by atoms with Crippen LogP contribution in [-0.2, 0) is 0 Å². The van der Waals surface area contributed by atoms with E-state index < -0.39 is 11.9 Å². The molecule has 0 amide bonds. The molecular formula is C9H6BrClFN. The largest absolute Gasteiger partial charge is 0.309 e. The summed E-state index contributed by atoms with van der Waals surface area (Å²) in [5.74, 6) is -0.514. The molecule has 1 aromatic carbocycles. The Morgan fingerprint density at radius 1 is 1.62 bits per heavy atom. The van der Waals surface area contributed by atoms with Gasteiger partial charge in [0.15, 0.2) is 5.82 Å². The molecule has 0 aliphatic rings. The molecule has 1 nitrogen and oxygen atoms in total. The zero-order valence-electron chi connectivity index (χ0n) is 6.81. The summed E-state index contributed by atoms with van der Waals surface area (Å²) in [5, 5.41) is 0.0497. The molecule has 0 fully saturated rings. The van der Waals surface area contributed by atoms with Crippen molar-refractivity contribution >= 4 is 27.5 Å². The second-order valence-corrected chi connectivity index (χ2v) is 3.82. The summed E-state index contributed by atoms with van der Waals surface area (Å²) in [6, 6.07) is 2.58. The van der Waals surface area contributed by atoms with Crippen molar-refractivity contribution in [2.24, 2.45) is 0 Å². The number of halogens is 3. The quantitative estimate of drug-likeness (QED) is 0.527. The molecule has 0 saturated carbocycles. The predicted octanol–water partition coefficient (Wildman–Crippen LogP) is 4.22. The van der Waals surface area contributed by atoms with Gasteiger partial charge < -0.3 is 4.85 Å². The summed E-state index contributed by atoms with van der Waals surface area (Å²) >= 11 is 8.77. The number of rotatable bonds is 1. The van der Waals surface area contributed by atoms with Crippen LogP contribution < -0.4 is 0 Å². The third-order valence-electron chi connectivity index (χ3n) is 1.69. The SMILES string of the molecule is [C-]#[N+]C(C)c1c(Br)ccc(Cl)c1F. The lowest BCUT2D eigenvalue weighted by molar-refractivity contribution is 0.603. The zero-order valence-corrected chi connectivity index (χ0v) is 9.16. The van der Waals surface area contributed by atoms with E-state index in [9.17, 15) is 4.39 Å². The van der Waals surface area contributed by atoms with Gasteiger partial charge in [0.25, 0.3) is 0 Å². The molecule has 0 N–H and O–H groups in total. The minimum Gasteiger partial charge on any atom is -0.309 e. The molecule has 1 rings (SSSR count). The van der Waals surface area contributed by atoms with Crippen LogP contribution in [0.25, 0.3) is 4.85 Å². The van der Waals surface area contributed by atoms with Gasteiger partial charge in [-0.25, -0.2) is 11.0 Å². The first-order valence-corrected chi connectivity index (χ1v) is 4.75. The third kappa shape index (κ3) is 2.01. The summed E-state index contributed by atoms with van der Waals surface area (Å²) in [6.45, 7) is 8.44. The molecule has 13 heavy (non-hydrogen) atoms. The van der Waals surface area contributed by atoms with Gasteiger partial charge in [-0.15, -0.1) is 0 Å². The number of benzene rings is 1. The van der Waals surface area contributed by atoms with E-state index in [1.165, 1.54) is 6.07 Å². The monoisotopic (exact) mass is 261 g/mol. The summed E-state index contributed by atoms with van der Waals surface area (Å²) in [6.07, 6.45) is 0. The van der Waals surface area contributed by atoms with Gasteiger partial charge in [0.05, 0.1) is 10.6 Å². The highest BCUT2D eigenvalue weighted by Crippen LogP contribution is 2.32. The first kappa shape index (κ1) is 10.5. The topological polar surface area (TPSA) is 4.36 Å². The molecule has 0 bridgehead atoms. The fourth-order valence-electron chi connectivity index (χ4n) is 0.990. The van der Waals surface area contributed by atoms with Crippen LogP contribution in [0.4, 0.5) is 4.39 Å². The van der Waals surface area contributed by atoms with Crippen LogP contribution in [0.1, 0.15) is 18.5 Å². The van der Waals surface area contributed by atoms with Gasteiger partial charge in [0.2, 0.25) is 6.04 Å². The summed E-state index contributed by atoms with van der Waals surface area (Å²) in [7, 11) is 0. The van der Waals surface area contributed by atoms with Crippen molar-refractivity contribution in [1.29, 1.82) is 0 Å². The lowest BCUT2D eigenvalue weighted by Crippen LogP contribution is -1.95. The van der Waals surface area contributed by atoms with Gasteiger partial charge in [-0.1, -0.05) is 27.5 Å². The Balaban J connectivity index is 3.35. The Morgan fingerprint density at radius 3 is 2.77 bits per heavy atom. The van der Waals surface area contributed by atoms with Crippen molar-refractivity contribution in [3.63, 3.8) is 0 Å². The molecule has 0 spiro atoms. The standard InChI is InChI=1S/C9H6BrClFN/c1-5(13-2)8-6(10)3-4-7(11)9(8)12/h3-5H,1H3.